The number of nitrogens with zero attached hydrogens (tertiary/aromatic N) is 4. The van der Waals surface area contributed by atoms with Crippen LogP contribution < -0.4 is 0 Å². The van der Waals surface area contributed by atoms with E-state index in [0.29, 0.717) is 0 Å². The third kappa shape index (κ3) is 1.76. The number of imidazole rings is 1. The van der Waals surface area contributed by atoms with Crippen molar-refractivity contribution in [2.75, 3.05) is 0 Å². The highest BCUT2D eigenvalue weighted by Gasteiger charge is 2.11. The van der Waals surface area contributed by atoms with Gasteiger partial charge in [-0.05, 0) is 18.6 Å². The van der Waals surface area contributed by atoms with Crippen molar-refractivity contribution < 1.29 is 0 Å². The molecule has 0 radical (unpaired) electrons. The Hall–Kier alpha value is -2.23. The summed E-state index contributed by atoms with van der Waals surface area (Å²) in [6, 6.07) is 8.19. The van der Waals surface area contributed by atoms with E-state index in [1.165, 1.54) is 11.8 Å². The Kier molecular flexibility index (Phi) is 2.76. The molecule has 2 heterocycles. The third-order valence-corrected chi connectivity index (χ3v) is 2.92. The Morgan fingerprint density at radius 1 is 1.11 bits per heavy atom. The maximum absolute atomic E-state index is 4.68. The Labute approximate surface area is 105 Å². The van der Waals surface area contributed by atoms with Gasteiger partial charge in [-0.25, -0.2) is 15.0 Å². The smallest absolute Gasteiger partial charge is 0.144 e. The van der Waals surface area contributed by atoms with Gasteiger partial charge in [0.1, 0.15) is 12.2 Å². The molecule has 0 unspecified atom stereocenters. The van der Waals surface area contributed by atoms with Crippen LogP contribution in [-0.2, 0) is 6.54 Å². The number of hydrogen-bond acceptors (Lipinski definition) is 3. The van der Waals surface area contributed by atoms with Crippen LogP contribution in [0.5, 0.6) is 0 Å². The van der Waals surface area contributed by atoms with Gasteiger partial charge in [-0.3, -0.25) is 0 Å². The molecular weight excluding hydrogens is 224 g/mol. The molecule has 3 rings (SSSR count). The van der Waals surface area contributed by atoms with Crippen molar-refractivity contribution in [3.63, 3.8) is 0 Å². The zero-order chi connectivity index (χ0) is 12.4. The predicted molar refractivity (Wildman–Crippen MR) is 71.1 cm³/mol. The van der Waals surface area contributed by atoms with Crippen LogP contribution in [0, 0.1) is 0 Å². The first-order chi connectivity index (χ1) is 8.90. The second-order valence-electron chi connectivity index (χ2n) is 4.20. The molecule has 0 saturated heterocycles. The summed E-state index contributed by atoms with van der Waals surface area (Å²) in [5, 5.41) is 0. The van der Waals surface area contributed by atoms with Gasteiger partial charge in [-0.15, -0.1) is 0 Å². The minimum Gasteiger partial charge on any atom is -0.324 e. The number of fused-ring (bicyclic) bond motifs is 1. The molecule has 0 amide bonds. The van der Waals surface area contributed by atoms with Crippen molar-refractivity contribution in [3.8, 4) is 11.4 Å². The zero-order valence-corrected chi connectivity index (χ0v) is 10.2. The third-order valence-electron chi connectivity index (χ3n) is 2.92. The predicted octanol–water partition coefficient (Wildman–Crippen LogP) is 2.90. The lowest BCUT2D eigenvalue weighted by Crippen LogP contribution is -2.00. The van der Waals surface area contributed by atoms with Gasteiger partial charge in [-0.2, -0.15) is 0 Å². The molecule has 0 N–H and O–H groups in total. The number of aromatic nitrogens is 4. The van der Waals surface area contributed by atoms with Crippen LogP contribution >= 0.6 is 0 Å². The van der Waals surface area contributed by atoms with Gasteiger partial charge in [0, 0.05) is 18.9 Å². The van der Waals surface area contributed by atoms with Gasteiger partial charge in [0.25, 0.3) is 0 Å². The van der Waals surface area contributed by atoms with Crippen molar-refractivity contribution in [2.45, 2.75) is 19.9 Å². The summed E-state index contributed by atoms with van der Waals surface area (Å²) in [7, 11) is 0. The van der Waals surface area contributed by atoms with Crippen LogP contribution in [-0.4, -0.2) is 19.5 Å². The molecule has 0 aliphatic heterocycles. The van der Waals surface area contributed by atoms with Crippen LogP contribution in [0.3, 0.4) is 0 Å². The van der Waals surface area contributed by atoms with Crippen LogP contribution in [0.4, 0.5) is 0 Å². The SMILES string of the molecule is CCCn1c(-c2cncnc2)nc2ccccc21. The van der Waals surface area contributed by atoms with E-state index in [1.54, 1.807) is 12.4 Å². The molecule has 18 heavy (non-hydrogen) atoms. The summed E-state index contributed by atoms with van der Waals surface area (Å²) < 4.78 is 2.23. The topological polar surface area (TPSA) is 43.6 Å². The quantitative estimate of drug-likeness (QED) is 0.704. The lowest BCUT2D eigenvalue weighted by atomic mass is 10.3. The van der Waals surface area contributed by atoms with Crippen molar-refractivity contribution in [1.29, 1.82) is 0 Å². The van der Waals surface area contributed by atoms with E-state index < -0.39 is 0 Å². The first-order valence-electron chi connectivity index (χ1n) is 6.11. The molecule has 1 aromatic carbocycles. The van der Waals surface area contributed by atoms with E-state index in [9.17, 15) is 0 Å². The highest BCUT2D eigenvalue weighted by molar-refractivity contribution is 5.80. The molecule has 4 heteroatoms. The van der Waals surface area contributed by atoms with Crippen molar-refractivity contribution in [1.82, 2.24) is 19.5 Å². The van der Waals surface area contributed by atoms with Gasteiger partial charge < -0.3 is 4.57 Å². The average molecular weight is 238 g/mol. The van der Waals surface area contributed by atoms with Gasteiger partial charge in [0.05, 0.1) is 16.6 Å². The fourth-order valence-corrected chi connectivity index (χ4v) is 2.16. The van der Waals surface area contributed by atoms with Crippen LogP contribution in [0.2, 0.25) is 0 Å². The molecule has 90 valence electrons. The van der Waals surface area contributed by atoms with Gasteiger partial charge in [0.15, 0.2) is 0 Å². The molecule has 2 aromatic heterocycles. The van der Waals surface area contributed by atoms with Gasteiger partial charge in [-0.1, -0.05) is 19.1 Å². The summed E-state index contributed by atoms with van der Waals surface area (Å²) in [4.78, 5) is 12.8. The first kappa shape index (κ1) is 10.9. The molecule has 0 atom stereocenters. The monoisotopic (exact) mass is 238 g/mol. The summed E-state index contributed by atoms with van der Waals surface area (Å²) >= 11 is 0. The Morgan fingerprint density at radius 2 is 1.89 bits per heavy atom. The minimum absolute atomic E-state index is 0.943. The van der Waals surface area contributed by atoms with E-state index in [-0.39, 0.29) is 0 Å². The number of rotatable bonds is 3. The lowest BCUT2D eigenvalue weighted by Gasteiger charge is -2.06. The van der Waals surface area contributed by atoms with E-state index in [4.69, 9.17) is 0 Å². The largest absolute Gasteiger partial charge is 0.324 e. The van der Waals surface area contributed by atoms with Crippen molar-refractivity contribution >= 4 is 11.0 Å². The zero-order valence-electron chi connectivity index (χ0n) is 10.2. The fourth-order valence-electron chi connectivity index (χ4n) is 2.16. The van der Waals surface area contributed by atoms with Gasteiger partial charge >= 0.3 is 0 Å². The molecule has 0 saturated carbocycles. The molecule has 3 aromatic rings. The van der Waals surface area contributed by atoms with Crippen molar-refractivity contribution in [3.05, 3.63) is 43.0 Å². The first-order valence-corrected chi connectivity index (χ1v) is 6.11. The number of benzene rings is 1. The second-order valence-corrected chi connectivity index (χ2v) is 4.20. The fraction of sp³-hybridized carbons (Fsp3) is 0.214. The average Bonchev–Trinajstić information content (AvgIpc) is 2.80. The molecule has 0 aliphatic carbocycles. The minimum atomic E-state index is 0.943. The Bertz CT molecular complexity index is 658. The number of para-hydroxylation sites is 2. The summed E-state index contributed by atoms with van der Waals surface area (Å²) in [5.41, 5.74) is 3.14. The van der Waals surface area contributed by atoms with Crippen LogP contribution in [0.25, 0.3) is 22.4 Å². The molecule has 4 nitrogen and oxygen atoms in total. The summed E-state index contributed by atoms with van der Waals surface area (Å²) in [6.07, 6.45) is 6.22. The van der Waals surface area contributed by atoms with E-state index in [1.807, 2.05) is 18.2 Å². The highest BCUT2D eigenvalue weighted by Crippen LogP contribution is 2.23. The highest BCUT2D eigenvalue weighted by atomic mass is 15.1. The van der Waals surface area contributed by atoms with E-state index in [0.717, 1.165) is 29.9 Å². The molecule has 0 bridgehead atoms. The van der Waals surface area contributed by atoms with E-state index >= 15 is 0 Å². The Balaban J connectivity index is 2.25. The lowest BCUT2D eigenvalue weighted by molar-refractivity contribution is 0.703. The van der Waals surface area contributed by atoms with Gasteiger partial charge in [0.2, 0.25) is 0 Å². The molecule has 0 spiro atoms. The molecule has 0 fully saturated rings. The summed E-state index contributed by atoms with van der Waals surface area (Å²) in [6.45, 7) is 3.12. The van der Waals surface area contributed by atoms with E-state index in [2.05, 4.69) is 32.5 Å². The standard InChI is InChI=1S/C14H14N4/c1-2-7-18-13-6-4-3-5-12(13)17-14(18)11-8-15-10-16-9-11/h3-6,8-10H,2,7H2,1H3. The number of aryl methyl sites for hydroxylation is 1. The maximum Gasteiger partial charge on any atom is 0.144 e. The second kappa shape index (κ2) is 4.56. The van der Waals surface area contributed by atoms with Crippen molar-refractivity contribution in [2.24, 2.45) is 0 Å². The maximum atomic E-state index is 4.68. The van der Waals surface area contributed by atoms with Crippen LogP contribution in [0.1, 0.15) is 13.3 Å². The normalized spacial score (nSPS) is 10.9. The molecular formula is C14H14N4. The summed E-state index contributed by atoms with van der Waals surface area (Å²) in [5.74, 6) is 0.943. The number of hydrogen-bond donors (Lipinski definition) is 0. The molecule has 0 aliphatic rings. The van der Waals surface area contributed by atoms with Crippen LogP contribution in [0.15, 0.2) is 43.0 Å². The Morgan fingerprint density at radius 3 is 2.67 bits per heavy atom.